The molecule has 6 unspecified atom stereocenters. The number of aromatic nitrogens is 6. The summed E-state index contributed by atoms with van der Waals surface area (Å²) in [5.41, 5.74) is 5.44. The second-order valence-corrected chi connectivity index (χ2v) is 12.3. The van der Waals surface area contributed by atoms with Gasteiger partial charge in [0.25, 0.3) is 0 Å². The Morgan fingerprint density at radius 1 is 1.16 bits per heavy atom. The van der Waals surface area contributed by atoms with E-state index in [0.29, 0.717) is 41.2 Å². The van der Waals surface area contributed by atoms with E-state index in [2.05, 4.69) is 51.1 Å². The van der Waals surface area contributed by atoms with Crippen LogP contribution in [0.4, 0.5) is 11.6 Å². The van der Waals surface area contributed by atoms with E-state index >= 15 is 0 Å². The molecular weight excluding hydrogens is 476 g/mol. The summed E-state index contributed by atoms with van der Waals surface area (Å²) in [7, 11) is 1.66. The Kier molecular flexibility index (Phi) is 4.14. The summed E-state index contributed by atoms with van der Waals surface area (Å²) < 4.78 is 9.51. The van der Waals surface area contributed by atoms with Crippen LogP contribution in [-0.2, 0) is 12.0 Å². The molecule has 1 N–H and O–H groups in total. The molecule has 8 rings (SSSR count). The number of nitriles is 1. The number of allylic oxidation sites excluding steroid dienone is 2. The standard InChI is InChI=1S/C29H32N8O/c1-14-26(28(4)19-8-20(19)29(12-30)10-18-23(28)24(18)29)35-36(11-17-6-7-17)27(14)33-21-9-22(32-13-31-21)37-16(3)25(38-5)15(2)34-37/h9-10,13,17,19-20,23-24H,6-8,11H2,1-5H3,(H,31,32,33). The van der Waals surface area contributed by atoms with E-state index < -0.39 is 0 Å². The monoisotopic (exact) mass is 508 g/mol. The van der Waals surface area contributed by atoms with E-state index in [1.807, 2.05) is 19.9 Å². The van der Waals surface area contributed by atoms with E-state index in [1.165, 1.54) is 29.7 Å². The Morgan fingerprint density at radius 3 is 2.68 bits per heavy atom. The van der Waals surface area contributed by atoms with Crippen LogP contribution >= 0.6 is 0 Å². The van der Waals surface area contributed by atoms with Crippen LogP contribution in [0.2, 0.25) is 0 Å². The Hall–Kier alpha value is -3.67. The molecule has 9 nitrogen and oxygen atoms in total. The van der Waals surface area contributed by atoms with Crippen LogP contribution in [0.5, 0.6) is 5.75 Å². The molecule has 0 spiro atoms. The molecule has 0 aromatic carbocycles. The van der Waals surface area contributed by atoms with Gasteiger partial charge in [-0.3, -0.25) is 0 Å². The predicted octanol–water partition coefficient (Wildman–Crippen LogP) is 4.55. The van der Waals surface area contributed by atoms with Crippen LogP contribution in [0.15, 0.2) is 24.0 Å². The summed E-state index contributed by atoms with van der Waals surface area (Å²) >= 11 is 0. The summed E-state index contributed by atoms with van der Waals surface area (Å²) in [6.07, 6.45) is 7.54. The highest BCUT2D eigenvalue weighted by Crippen LogP contribution is 2.85. The largest absolute Gasteiger partial charge is 0.493 e. The fourth-order valence-electron chi connectivity index (χ4n) is 8.13. The molecule has 5 aliphatic rings. The fourth-order valence-corrected chi connectivity index (χ4v) is 8.13. The minimum absolute atomic E-state index is 0.00951. The molecule has 4 fully saturated rings. The van der Waals surface area contributed by atoms with Crippen LogP contribution in [0.3, 0.4) is 0 Å². The number of anilines is 2. The molecule has 0 saturated heterocycles. The Bertz CT molecular complexity index is 1600. The number of nitrogens with one attached hydrogen (secondary N) is 1. The van der Waals surface area contributed by atoms with Gasteiger partial charge in [0.1, 0.15) is 23.7 Å². The normalized spacial score (nSPS) is 33.4. The number of fused-ring (bicyclic) bond motifs is 3. The third kappa shape index (κ3) is 2.65. The zero-order valence-corrected chi connectivity index (χ0v) is 22.5. The van der Waals surface area contributed by atoms with Gasteiger partial charge >= 0.3 is 0 Å². The van der Waals surface area contributed by atoms with Crippen molar-refractivity contribution in [3.8, 4) is 17.6 Å². The Morgan fingerprint density at radius 2 is 1.97 bits per heavy atom. The predicted molar refractivity (Wildman–Crippen MR) is 140 cm³/mol. The van der Waals surface area contributed by atoms with E-state index in [9.17, 15) is 5.26 Å². The molecule has 9 heteroatoms. The lowest BCUT2D eigenvalue weighted by Gasteiger charge is -2.38. The molecule has 38 heavy (non-hydrogen) atoms. The highest BCUT2D eigenvalue weighted by molar-refractivity contribution is 5.64. The molecular formula is C29H32N8O. The van der Waals surface area contributed by atoms with Crippen LogP contribution < -0.4 is 10.1 Å². The van der Waals surface area contributed by atoms with E-state index in [1.54, 1.807) is 18.1 Å². The van der Waals surface area contributed by atoms with Crippen LogP contribution in [0.25, 0.3) is 5.82 Å². The highest BCUT2D eigenvalue weighted by atomic mass is 16.5. The van der Waals surface area contributed by atoms with Gasteiger partial charge in [0.05, 0.1) is 30.0 Å². The fraction of sp³-hybridized carbons (Fsp3) is 0.552. The van der Waals surface area contributed by atoms with Gasteiger partial charge in [0, 0.05) is 29.5 Å². The van der Waals surface area contributed by atoms with Crippen molar-refractivity contribution < 1.29 is 4.74 Å². The lowest BCUT2D eigenvalue weighted by atomic mass is 9.63. The summed E-state index contributed by atoms with van der Waals surface area (Å²) in [4.78, 5) is 9.05. The van der Waals surface area contributed by atoms with Gasteiger partial charge in [-0.05, 0) is 63.7 Å². The maximum Gasteiger partial charge on any atom is 0.163 e. The van der Waals surface area contributed by atoms with Crippen molar-refractivity contribution in [3.63, 3.8) is 0 Å². The van der Waals surface area contributed by atoms with Crippen molar-refractivity contribution >= 4 is 11.6 Å². The molecule has 3 heterocycles. The van der Waals surface area contributed by atoms with Gasteiger partial charge in [0.2, 0.25) is 0 Å². The van der Waals surface area contributed by atoms with Gasteiger partial charge in [-0.25, -0.2) is 19.3 Å². The minimum Gasteiger partial charge on any atom is -0.493 e. The minimum atomic E-state index is -0.182. The number of methoxy groups -OCH3 is 1. The molecule has 4 saturated carbocycles. The first kappa shape index (κ1) is 22.3. The number of hydrogen-bond donors (Lipinski definition) is 1. The summed E-state index contributed by atoms with van der Waals surface area (Å²) in [6.45, 7) is 9.45. The number of hydrogen-bond acceptors (Lipinski definition) is 7. The second-order valence-electron chi connectivity index (χ2n) is 12.3. The molecule has 194 valence electrons. The summed E-state index contributed by atoms with van der Waals surface area (Å²) in [5, 5.41) is 23.6. The van der Waals surface area contributed by atoms with Crippen molar-refractivity contribution in [2.75, 3.05) is 12.4 Å². The lowest BCUT2D eigenvalue weighted by molar-refractivity contribution is 0.191. The quantitative estimate of drug-likeness (QED) is 0.467. The van der Waals surface area contributed by atoms with Gasteiger partial charge in [-0.15, -0.1) is 0 Å². The molecule has 6 atom stereocenters. The third-order valence-electron chi connectivity index (χ3n) is 10.2. The van der Waals surface area contributed by atoms with Gasteiger partial charge < -0.3 is 10.1 Å². The van der Waals surface area contributed by atoms with E-state index in [4.69, 9.17) is 9.84 Å². The van der Waals surface area contributed by atoms with Crippen LogP contribution in [-0.4, -0.2) is 36.6 Å². The zero-order chi connectivity index (χ0) is 26.1. The summed E-state index contributed by atoms with van der Waals surface area (Å²) in [5.74, 6) is 5.80. The van der Waals surface area contributed by atoms with Crippen LogP contribution in [0, 0.1) is 67.1 Å². The number of rotatable bonds is 7. The van der Waals surface area contributed by atoms with Crippen molar-refractivity contribution in [1.29, 1.82) is 5.26 Å². The smallest absolute Gasteiger partial charge is 0.163 e. The van der Waals surface area contributed by atoms with Crippen molar-refractivity contribution in [2.24, 2.45) is 35.0 Å². The molecule has 0 amide bonds. The first-order valence-corrected chi connectivity index (χ1v) is 13.7. The van der Waals surface area contributed by atoms with Gasteiger partial charge in [-0.2, -0.15) is 15.5 Å². The number of ether oxygens (including phenoxy) is 1. The molecule has 0 bridgehead atoms. The average Bonchev–Trinajstić information content (AvgIpc) is 3.81. The second kappa shape index (κ2) is 7.04. The SMILES string of the molecule is COc1c(C)nn(-c2cc(Nc3c(C)c(C4(C)C5CC5C5(C#N)C=C6C5C64)nn3CC3CC3)ncn2)c1C. The number of aryl methyl sites for hydroxylation is 1. The Labute approximate surface area is 221 Å². The highest BCUT2D eigenvalue weighted by Gasteiger charge is 2.83. The maximum absolute atomic E-state index is 10.00. The van der Waals surface area contributed by atoms with E-state index in [-0.39, 0.29) is 10.8 Å². The van der Waals surface area contributed by atoms with Crippen molar-refractivity contribution in [3.05, 3.63) is 46.7 Å². The first-order valence-electron chi connectivity index (χ1n) is 13.7. The topological polar surface area (TPSA) is 106 Å². The average molecular weight is 509 g/mol. The van der Waals surface area contributed by atoms with Gasteiger partial charge in [-0.1, -0.05) is 18.6 Å². The first-order chi connectivity index (χ1) is 18.3. The summed E-state index contributed by atoms with van der Waals surface area (Å²) in [6, 6.07) is 4.63. The lowest BCUT2D eigenvalue weighted by Crippen LogP contribution is -2.39. The number of nitrogens with zero attached hydrogens (tertiary/aromatic N) is 7. The van der Waals surface area contributed by atoms with Crippen LogP contribution in [0.1, 0.15) is 48.8 Å². The molecule has 5 aliphatic carbocycles. The van der Waals surface area contributed by atoms with E-state index in [0.717, 1.165) is 35.9 Å². The molecule has 3 aromatic rings. The zero-order valence-electron chi connectivity index (χ0n) is 22.5. The molecule has 0 radical (unpaired) electrons. The third-order valence-corrected chi connectivity index (χ3v) is 10.2. The Balaban J connectivity index is 1.17. The molecule has 0 aliphatic heterocycles. The maximum atomic E-state index is 10.00. The van der Waals surface area contributed by atoms with Gasteiger partial charge in [0.15, 0.2) is 11.6 Å². The van der Waals surface area contributed by atoms with Crippen molar-refractivity contribution in [2.45, 2.75) is 58.9 Å². The van der Waals surface area contributed by atoms with Crippen molar-refractivity contribution in [1.82, 2.24) is 29.5 Å². The molecule has 3 aromatic heterocycles.